The van der Waals surface area contributed by atoms with Crippen LogP contribution < -0.4 is 15.4 Å². The molecule has 3 rings (SSSR count). The van der Waals surface area contributed by atoms with Crippen molar-refractivity contribution in [2.75, 3.05) is 18.5 Å². The van der Waals surface area contributed by atoms with E-state index in [4.69, 9.17) is 4.74 Å². The van der Waals surface area contributed by atoms with Gasteiger partial charge in [0.05, 0.1) is 0 Å². The summed E-state index contributed by atoms with van der Waals surface area (Å²) in [6.07, 6.45) is 0. The molecule has 3 aromatic carbocycles. The van der Waals surface area contributed by atoms with Crippen LogP contribution in [0, 0.1) is 6.92 Å². The Morgan fingerprint density at radius 3 is 2.19 bits per heavy atom. The molecule has 0 heterocycles. The number of para-hydroxylation sites is 1. The molecule has 2 N–H and O–H groups in total. The number of aryl methyl sites for hydroxylation is 1. The fraction of sp³-hybridized carbons (Fsp3) is 0.174. The van der Waals surface area contributed by atoms with Gasteiger partial charge in [-0.15, -0.1) is 0 Å². The number of carbonyl (C=O) groups is 1. The Labute approximate surface area is 160 Å². The van der Waals surface area contributed by atoms with Crippen LogP contribution in [-0.4, -0.2) is 19.1 Å². The smallest absolute Gasteiger partial charge is 0.246 e. The summed E-state index contributed by atoms with van der Waals surface area (Å²) in [6, 6.07) is 26.7. The molecule has 0 aliphatic rings. The Morgan fingerprint density at radius 2 is 1.52 bits per heavy atom. The second-order valence-corrected chi connectivity index (χ2v) is 6.31. The molecule has 138 valence electrons. The van der Waals surface area contributed by atoms with E-state index in [2.05, 4.69) is 10.6 Å². The van der Waals surface area contributed by atoms with Crippen molar-refractivity contribution in [2.45, 2.75) is 13.0 Å². The maximum atomic E-state index is 12.8. The van der Waals surface area contributed by atoms with Gasteiger partial charge in [-0.25, -0.2) is 0 Å². The Kier molecular flexibility index (Phi) is 6.61. The minimum absolute atomic E-state index is 0.0928. The van der Waals surface area contributed by atoms with Crippen molar-refractivity contribution in [3.63, 3.8) is 0 Å². The molecule has 27 heavy (non-hydrogen) atoms. The van der Waals surface area contributed by atoms with Gasteiger partial charge in [0.2, 0.25) is 5.91 Å². The zero-order valence-electron chi connectivity index (χ0n) is 15.4. The number of benzene rings is 3. The minimum Gasteiger partial charge on any atom is -0.492 e. The molecule has 0 saturated heterocycles. The summed E-state index contributed by atoms with van der Waals surface area (Å²) in [5.74, 6) is 0.726. The molecule has 0 bridgehead atoms. The standard InChI is InChI=1S/C23H24N2O2/c1-18-12-14-20(15-13-18)25-23(26)22(19-8-4-2-5-9-19)24-16-17-27-21-10-6-3-7-11-21/h2-15,22,24H,16-17H2,1H3,(H,25,26)/t22-/m0/s1. The highest BCUT2D eigenvalue weighted by Gasteiger charge is 2.20. The van der Waals surface area contributed by atoms with Gasteiger partial charge in [0, 0.05) is 12.2 Å². The summed E-state index contributed by atoms with van der Waals surface area (Å²) >= 11 is 0. The van der Waals surface area contributed by atoms with Crippen LogP contribution in [0.1, 0.15) is 17.2 Å². The predicted molar refractivity (Wildman–Crippen MR) is 109 cm³/mol. The highest BCUT2D eigenvalue weighted by atomic mass is 16.5. The molecule has 0 aliphatic heterocycles. The van der Waals surface area contributed by atoms with Crippen molar-refractivity contribution < 1.29 is 9.53 Å². The first-order valence-electron chi connectivity index (χ1n) is 9.06. The third kappa shape index (κ3) is 5.69. The van der Waals surface area contributed by atoms with Crippen LogP contribution in [-0.2, 0) is 4.79 Å². The van der Waals surface area contributed by atoms with Crippen molar-refractivity contribution in [3.05, 3.63) is 96.1 Å². The van der Waals surface area contributed by atoms with Gasteiger partial charge in [-0.1, -0.05) is 66.2 Å². The Bertz CT molecular complexity index is 833. The molecule has 1 amide bonds. The van der Waals surface area contributed by atoms with Crippen molar-refractivity contribution in [1.82, 2.24) is 5.32 Å². The number of rotatable bonds is 8. The zero-order chi connectivity index (χ0) is 18.9. The number of carbonyl (C=O) groups excluding carboxylic acids is 1. The Balaban J connectivity index is 1.62. The molecule has 4 nitrogen and oxygen atoms in total. The highest BCUT2D eigenvalue weighted by Crippen LogP contribution is 2.17. The van der Waals surface area contributed by atoms with E-state index < -0.39 is 6.04 Å². The minimum atomic E-state index is -0.452. The van der Waals surface area contributed by atoms with Crippen molar-refractivity contribution in [1.29, 1.82) is 0 Å². The Morgan fingerprint density at radius 1 is 0.889 bits per heavy atom. The molecule has 4 heteroatoms. The lowest BCUT2D eigenvalue weighted by molar-refractivity contribution is -0.118. The van der Waals surface area contributed by atoms with Crippen LogP contribution in [0.4, 0.5) is 5.69 Å². The van der Waals surface area contributed by atoms with Gasteiger partial charge in [-0.2, -0.15) is 0 Å². The van der Waals surface area contributed by atoms with Gasteiger partial charge in [0.15, 0.2) is 0 Å². The lowest BCUT2D eigenvalue weighted by Crippen LogP contribution is -2.35. The van der Waals surface area contributed by atoms with Crippen LogP contribution >= 0.6 is 0 Å². The van der Waals surface area contributed by atoms with Gasteiger partial charge >= 0.3 is 0 Å². The number of ether oxygens (including phenoxy) is 1. The topological polar surface area (TPSA) is 50.4 Å². The first-order valence-corrected chi connectivity index (χ1v) is 9.06. The Hall–Kier alpha value is -3.11. The summed E-state index contributed by atoms with van der Waals surface area (Å²) < 4.78 is 5.71. The van der Waals surface area contributed by atoms with Crippen molar-refractivity contribution >= 4 is 11.6 Å². The van der Waals surface area contributed by atoms with Gasteiger partial charge < -0.3 is 10.1 Å². The van der Waals surface area contributed by atoms with Crippen LogP contribution in [0.25, 0.3) is 0 Å². The first kappa shape index (κ1) is 18.7. The number of nitrogens with one attached hydrogen (secondary N) is 2. The van der Waals surface area contributed by atoms with E-state index in [0.717, 1.165) is 22.6 Å². The number of anilines is 1. The lowest BCUT2D eigenvalue weighted by Gasteiger charge is -2.19. The molecule has 0 spiro atoms. The van der Waals surface area contributed by atoms with Crippen molar-refractivity contribution in [3.8, 4) is 5.75 Å². The van der Waals surface area contributed by atoms with Gasteiger partial charge in [0.1, 0.15) is 18.4 Å². The molecular weight excluding hydrogens is 336 g/mol. The number of amides is 1. The normalized spacial score (nSPS) is 11.6. The molecule has 1 atom stereocenters. The van der Waals surface area contributed by atoms with Crippen LogP contribution in [0.3, 0.4) is 0 Å². The van der Waals surface area contributed by atoms with E-state index in [9.17, 15) is 4.79 Å². The second-order valence-electron chi connectivity index (χ2n) is 6.31. The molecule has 3 aromatic rings. The molecular formula is C23H24N2O2. The largest absolute Gasteiger partial charge is 0.492 e. The van der Waals surface area contributed by atoms with Crippen LogP contribution in [0.2, 0.25) is 0 Å². The van der Waals surface area contributed by atoms with E-state index in [1.165, 1.54) is 0 Å². The third-order valence-corrected chi connectivity index (χ3v) is 4.18. The number of hydrogen-bond acceptors (Lipinski definition) is 3. The quantitative estimate of drug-likeness (QED) is 0.588. The van der Waals surface area contributed by atoms with Crippen molar-refractivity contribution in [2.24, 2.45) is 0 Å². The van der Waals surface area contributed by atoms with E-state index in [1.807, 2.05) is 91.9 Å². The fourth-order valence-electron chi connectivity index (χ4n) is 2.75. The van der Waals surface area contributed by atoms with Crippen LogP contribution in [0.5, 0.6) is 5.75 Å². The van der Waals surface area contributed by atoms with Gasteiger partial charge in [0.25, 0.3) is 0 Å². The average molecular weight is 360 g/mol. The van der Waals surface area contributed by atoms with Gasteiger partial charge in [-0.3, -0.25) is 10.1 Å². The van der Waals surface area contributed by atoms with Gasteiger partial charge in [-0.05, 0) is 36.8 Å². The lowest BCUT2D eigenvalue weighted by atomic mass is 10.1. The van der Waals surface area contributed by atoms with E-state index in [0.29, 0.717) is 13.2 Å². The maximum absolute atomic E-state index is 12.8. The molecule has 0 aromatic heterocycles. The van der Waals surface area contributed by atoms with E-state index in [1.54, 1.807) is 0 Å². The molecule has 0 radical (unpaired) electrons. The monoisotopic (exact) mass is 360 g/mol. The first-order chi connectivity index (χ1) is 13.2. The summed E-state index contributed by atoms with van der Waals surface area (Å²) in [5, 5.41) is 6.28. The summed E-state index contributed by atoms with van der Waals surface area (Å²) in [5.41, 5.74) is 2.86. The van der Waals surface area contributed by atoms with E-state index >= 15 is 0 Å². The molecule has 0 fully saturated rings. The summed E-state index contributed by atoms with van der Waals surface area (Å²) in [6.45, 7) is 3.05. The predicted octanol–water partition coefficient (Wildman–Crippen LogP) is 4.34. The maximum Gasteiger partial charge on any atom is 0.246 e. The second kappa shape index (κ2) is 9.55. The number of hydrogen-bond donors (Lipinski definition) is 2. The molecule has 0 unspecified atom stereocenters. The molecule has 0 saturated carbocycles. The summed E-state index contributed by atoms with van der Waals surface area (Å²) in [7, 11) is 0. The fourth-order valence-corrected chi connectivity index (χ4v) is 2.75. The zero-order valence-corrected chi connectivity index (χ0v) is 15.4. The SMILES string of the molecule is Cc1ccc(NC(=O)[C@@H](NCCOc2ccccc2)c2ccccc2)cc1. The van der Waals surface area contributed by atoms with E-state index in [-0.39, 0.29) is 5.91 Å². The van der Waals surface area contributed by atoms with Crippen LogP contribution in [0.15, 0.2) is 84.9 Å². The third-order valence-electron chi connectivity index (χ3n) is 4.18. The highest BCUT2D eigenvalue weighted by molar-refractivity contribution is 5.95. The average Bonchev–Trinajstić information content (AvgIpc) is 2.71. The molecule has 0 aliphatic carbocycles. The summed E-state index contributed by atoms with van der Waals surface area (Å²) in [4.78, 5) is 12.8.